The minimum absolute atomic E-state index is 0.0277. The summed E-state index contributed by atoms with van der Waals surface area (Å²) in [6, 6.07) is 13.7. The fourth-order valence-corrected chi connectivity index (χ4v) is 5.43. The van der Waals surface area contributed by atoms with Gasteiger partial charge in [0.25, 0.3) is 0 Å². The topological polar surface area (TPSA) is 58.5 Å². The summed E-state index contributed by atoms with van der Waals surface area (Å²) in [5, 5.41) is 0.993. The maximum absolute atomic E-state index is 13.7. The van der Waals surface area contributed by atoms with Crippen LogP contribution in [0.3, 0.4) is 0 Å². The number of unbranched alkanes of at least 4 members (excludes halogenated alkanes) is 2. The number of hydrogen-bond acceptors (Lipinski definition) is 3. The van der Waals surface area contributed by atoms with Crippen LogP contribution < -0.4 is 4.74 Å². The van der Waals surface area contributed by atoms with Crippen molar-refractivity contribution in [3.8, 4) is 17.1 Å². The second-order valence-corrected chi connectivity index (χ2v) is 9.79. The summed E-state index contributed by atoms with van der Waals surface area (Å²) in [6.07, 6.45) is -1.12. The summed E-state index contributed by atoms with van der Waals surface area (Å²) in [7, 11) is 1.61. The number of nitrogens with zero attached hydrogens (tertiary/aromatic N) is 1. The first-order valence-electron chi connectivity index (χ1n) is 12.6. The lowest BCUT2D eigenvalue weighted by Crippen LogP contribution is -2.40. The van der Waals surface area contributed by atoms with Gasteiger partial charge in [0.1, 0.15) is 23.3 Å². The smallest absolute Gasteiger partial charge is 0.417 e. The van der Waals surface area contributed by atoms with E-state index in [1.165, 1.54) is 12.1 Å². The molecule has 0 saturated heterocycles. The molecule has 1 aliphatic rings. The van der Waals surface area contributed by atoms with E-state index in [1.807, 2.05) is 18.2 Å². The molecular weight excluding hydrogens is 517 g/mol. The van der Waals surface area contributed by atoms with Crippen LogP contribution in [0.25, 0.3) is 22.2 Å². The fourth-order valence-electron chi connectivity index (χ4n) is 5.24. The Hall–Kier alpha value is -3.39. The Labute approximate surface area is 223 Å². The molecule has 1 atom stereocenters. The molecule has 1 unspecified atom stereocenters. The highest BCUT2D eigenvalue weighted by molar-refractivity contribution is 6.17. The maximum Gasteiger partial charge on any atom is 0.417 e. The molecule has 5 rings (SSSR count). The van der Waals surface area contributed by atoms with Crippen LogP contribution in [0.2, 0.25) is 0 Å². The Morgan fingerprint density at radius 2 is 1.95 bits per heavy atom. The number of rotatable bonds is 8. The van der Waals surface area contributed by atoms with Crippen LogP contribution in [0.1, 0.15) is 54.3 Å². The van der Waals surface area contributed by atoms with Gasteiger partial charge in [0.2, 0.25) is 5.91 Å². The van der Waals surface area contributed by atoms with Gasteiger partial charge in [-0.25, -0.2) is 0 Å². The second-order valence-electron chi connectivity index (χ2n) is 9.41. The Kier molecular flexibility index (Phi) is 7.43. The van der Waals surface area contributed by atoms with E-state index in [1.54, 1.807) is 30.2 Å². The van der Waals surface area contributed by atoms with Crippen LogP contribution in [-0.4, -0.2) is 35.3 Å². The minimum atomic E-state index is -4.52. The average Bonchev–Trinajstić information content (AvgIpc) is 3.54. The van der Waals surface area contributed by atoms with Crippen molar-refractivity contribution in [2.45, 2.75) is 44.3 Å². The molecular formula is C29H28ClF3N2O3. The molecule has 0 aliphatic carbocycles. The van der Waals surface area contributed by atoms with Gasteiger partial charge >= 0.3 is 6.18 Å². The molecule has 3 heterocycles. The zero-order valence-electron chi connectivity index (χ0n) is 20.9. The number of halogens is 4. The van der Waals surface area contributed by atoms with Crippen molar-refractivity contribution in [1.29, 1.82) is 0 Å². The number of carbonyl (C=O) groups excluding carboxylic acids is 1. The largest absolute Gasteiger partial charge is 0.497 e. The van der Waals surface area contributed by atoms with Crippen LogP contribution in [0, 0.1) is 0 Å². The van der Waals surface area contributed by atoms with Gasteiger partial charge in [-0.05, 0) is 61.2 Å². The van der Waals surface area contributed by atoms with Crippen LogP contribution >= 0.6 is 11.6 Å². The van der Waals surface area contributed by atoms with Gasteiger partial charge in [-0.2, -0.15) is 13.2 Å². The van der Waals surface area contributed by atoms with Gasteiger partial charge in [0, 0.05) is 35.3 Å². The van der Waals surface area contributed by atoms with E-state index >= 15 is 0 Å². The molecule has 0 spiro atoms. The Bertz CT molecular complexity index is 1440. The Morgan fingerprint density at radius 1 is 1.13 bits per heavy atom. The second kappa shape index (κ2) is 10.8. The molecule has 5 nitrogen and oxygen atoms in total. The van der Waals surface area contributed by atoms with Gasteiger partial charge in [-0.1, -0.05) is 24.6 Å². The van der Waals surface area contributed by atoms with Crippen LogP contribution in [0.4, 0.5) is 13.2 Å². The van der Waals surface area contributed by atoms with Gasteiger partial charge in [-0.3, -0.25) is 4.79 Å². The highest BCUT2D eigenvalue weighted by atomic mass is 35.5. The van der Waals surface area contributed by atoms with Crippen molar-refractivity contribution < 1.29 is 27.1 Å². The first-order chi connectivity index (χ1) is 18.3. The minimum Gasteiger partial charge on any atom is -0.497 e. The standard InChI is InChI=1S/C29H28ClF3N2O3/c1-37-18-10-11-23-21(17-18)19-14-16-35(26(36)9-3-2-6-15-30)28(27(19)34-23)25-13-12-24(38-25)20-7-4-5-8-22(20)29(31,32)33/h4-5,7-8,10-13,17,28,34H,2-3,6,9,14-16H2,1H3. The predicted molar refractivity (Wildman–Crippen MR) is 140 cm³/mol. The molecule has 0 radical (unpaired) electrons. The first kappa shape index (κ1) is 26.2. The molecule has 38 heavy (non-hydrogen) atoms. The molecule has 1 amide bonds. The number of aromatic nitrogens is 1. The molecule has 200 valence electrons. The summed E-state index contributed by atoms with van der Waals surface area (Å²) >= 11 is 5.79. The number of amides is 1. The summed E-state index contributed by atoms with van der Waals surface area (Å²) < 4.78 is 52.6. The zero-order chi connectivity index (χ0) is 26.9. The quantitative estimate of drug-likeness (QED) is 0.182. The van der Waals surface area contributed by atoms with E-state index in [4.69, 9.17) is 20.8 Å². The summed E-state index contributed by atoms with van der Waals surface area (Å²) in [4.78, 5) is 18.6. The predicted octanol–water partition coefficient (Wildman–Crippen LogP) is 7.73. The van der Waals surface area contributed by atoms with Crippen LogP contribution in [0.5, 0.6) is 5.75 Å². The maximum atomic E-state index is 13.7. The number of nitrogens with one attached hydrogen (secondary N) is 1. The van der Waals surface area contributed by atoms with Gasteiger partial charge in [0.15, 0.2) is 0 Å². The zero-order valence-corrected chi connectivity index (χ0v) is 21.7. The molecule has 2 aromatic heterocycles. The number of alkyl halides is 4. The van der Waals surface area contributed by atoms with E-state index < -0.39 is 17.8 Å². The van der Waals surface area contributed by atoms with E-state index in [2.05, 4.69) is 4.98 Å². The van der Waals surface area contributed by atoms with Crippen LogP contribution in [-0.2, 0) is 17.4 Å². The van der Waals surface area contributed by atoms with Crippen molar-refractivity contribution in [1.82, 2.24) is 9.88 Å². The average molecular weight is 545 g/mol. The lowest BCUT2D eigenvalue weighted by molar-refractivity contribution is -0.137. The molecule has 0 fully saturated rings. The molecule has 0 bridgehead atoms. The van der Waals surface area contributed by atoms with Crippen LogP contribution in [0.15, 0.2) is 59.0 Å². The normalized spacial score (nSPS) is 15.6. The van der Waals surface area contributed by atoms with Gasteiger partial charge in [0.05, 0.1) is 18.4 Å². The molecule has 1 N–H and O–H groups in total. The summed E-state index contributed by atoms with van der Waals surface area (Å²) in [6.45, 7) is 0.464. The molecule has 9 heteroatoms. The number of methoxy groups -OCH3 is 1. The van der Waals surface area contributed by atoms with Crippen molar-refractivity contribution in [2.75, 3.05) is 19.5 Å². The number of benzene rings is 2. The van der Waals surface area contributed by atoms with Gasteiger partial charge < -0.3 is 19.0 Å². The Morgan fingerprint density at radius 3 is 2.71 bits per heavy atom. The highest BCUT2D eigenvalue weighted by Gasteiger charge is 2.38. The number of H-pyrrole nitrogens is 1. The van der Waals surface area contributed by atoms with Crippen molar-refractivity contribution in [2.24, 2.45) is 0 Å². The number of ether oxygens (including phenoxy) is 1. The van der Waals surface area contributed by atoms with E-state index in [0.29, 0.717) is 37.4 Å². The highest BCUT2D eigenvalue weighted by Crippen LogP contribution is 2.43. The molecule has 4 aromatic rings. The molecule has 1 aliphatic heterocycles. The van der Waals surface area contributed by atoms with E-state index in [-0.39, 0.29) is 17.2 Å². The van der Waals surface area contributed by atoms with Crippen molar-refractivity contribution in [3.05, 3.63) is 77.2 Å². The van der Waals surface area contributed by atoms with Crippen molar-refractivity contribution >= 4 is 28.4 Å². The fraction of sp³-hybridized carbons (Fsp3) is 0.345. The lowest BCUT2D eigenvalue weighted by atomic mass is 9.95. The third kappa shape index (κ3) is 5.01. The summed E-state index contributed by atoms with van der Waals surface area (Å²) in [5.41, 5.74) is 1.94. The number of hydrogen-bond donors (Lipinski definition) is 1. The SMILES string of the molecule is COc1ccc2[nH]c3c(c2c1)CCN(C(=O)CCCCCCl)C3c1ccc(-c2ccccc2C(F)(F)F)o1. The number of aromatic amines is 1. The van der Waals surface area contributed by atoms with E-state index in [0.717, 1.165) is 46.8 Å². The van der Waals surface area contributed by atoms with E-state index in [9.17, 15) is 18.0 Å². The lowest BCUT2D eigenvalue weighted by Gasteiger charge is -2.35. The van der Waals surface area contributed by atoms with Crippen molar-refractivity contribution in [3.63, 3.8) is 0 Å². The summed E-state index contributed by atoms with van der Waals surface area (Å²) in [5.74, 6) is 1.76. The third-order valence-electron chi connectivity index (χ3n) is 7.07. The number of furan rings is 1. The molecule has 0 saturated carbocycles. The Balaban J connectivity index is 1.57. The number of fused-ring (bicyclic) bond motifs is 3. The molecule has 2 aromatic carbocycles. The monoisotopic (exact) mass is 544 g/mol. The van der Waals surface area contributed by atoms with Gasteiger partial charge in [-0.15, -0.1) is 11.6 Å². The number of carbonyl (C=O) groups is 1. The third-order valence-corrected chi connectivity index (χ3v) is 7.34. The first-order valence-corrected chi connectivity index (χ1v) is 13.2.